The first-order chi connectivity index (χ1) is 19.2. The Bertz CT molecular complexity index is 1570. The summed E-state index contributed by atoms with van der Waals surface area (Å²) < 4.78 is 31.7. The van der Waals surface area contributed by atoms with Gasteiger partial charge in [0.1, 0.15) is 22.9 Å². The van der Waals surface area contributed by atoms with E-state index in [1.807, 2.05) is 18.4 Å². The molecular formula is C29H32F2N8O. The fourth-order valence-corrected chi connectivity index (χ4v) is 5.48. The van der Waals surface area contributed by atoms with Crippen LogP contribution in [-0.4, -0.2) is 54.1 Å². The Morgan fingerprint density at radius 2 is 1.85 bits per heavy atom. The summed E-state index contributed by atoms with van der Waals surface area (Å²) in [7, 11) is 0. The van der Waals surface area contributed by atoms with Gasteiger partial charge < -0.3 is 19.9 Å². The molecule has 3 aromatic heterocycles. The van der Waals surface area contributed by atoms with E-state index in [-0.39, 0.29) is 28.8 Å². The van der Waals surface area contributed by atoms with Crippen molar-refractivity contribution in [2.24, 2.45) is 5.41 Å². The monoisotopic (exact) mass is 546 g/mol. The van der Waals surface area contributed by atoms with Gasteiger partial charge >= 0.3 is 0 Å². The molecule has 0 aliphatic carbocycles. The topological polar surface area (TPSA) is 116 Å². The van der Waals surface area contributed by atoms with E-state index >= 15 is 0 Å². The minimum absolute atomic E-state index is 0.0341. The standard InChI is InChI=1S/C29H32F2N8O/c1-5-38-10-8-29(16-32,9-11-38)27(40)19-6-7-24(33-14-19)36-28-34-15-22(31)25(37-28)20-12-21(30)26-23(13-20)39(17(2)3)18(4)35-26/h6-7,12-15,17,27,40H,5,8-11H2,1-4H3,(H,33,34,36,37). The van der Waals surface area contributed by atoms with Crippen molar-refractivity contribution in [1.82, 2.24) is 29.4 Å². The number of anilines is 2. The van der Waals surface area contributed by atoms with Crippen molar-refractivity contribution in [2.75, 3.05) is 25.0 Å². The number of aryl methyl sites for hydroxylation is 1. The number of benzene rings is 1. The van der Waals surface area contributed by atoms with Gasteiger partial charge in [0, 0.05) is 23.4 Å². The third kappa shape index (κ3) is 5.00. The summed E-state index contributed by atoms with van der Waals surface area (Å²) in [4.78, 5) is 19.3. The minimum atomic E-state index is -0.973. The summed E-state index contributed by atoms with van der Waals surface area (Å²) in [5.74, 6) is -0.145. The zero-order valence-corrected chi connectivity index (χ0v) is 23.0. The predicted molar refractivity (Wildman–Crippen MR) is 148 cm³/mol. The van der Waals surface area contributed by atoms with E-state index in [0.717, 1.165) is 25.8 Å². The summed E-state index contributed by atoms with van der Waals surface area (Å²) >= 11 is 0. The summed E-state index contributed by atoms with van der Waals surface area (Å²) in [6.45, 7) is 10.3. The van der Waals surface area contributed by atoms with Crippen LogP contribution in [0.25, 0.3) is 22.3 Å². The van der Waals surface area contributed by atoms with E-state index < -0.39 is 23.2 Å². The zero-order valence-electron chi connectivity index (χ0n) is 23.0. The molecule has 1 saturated heterocycles. The van der Waals surface area contributed by atoms with E-state index in [0.29, 0.717) is 35.6 Å². The van der Waals surface area contributed by atoms with Gasteiger partial charge in [0.25, 0.3) is 0 Å². The number of piperidine rings is 1. The maximum Gasteiger partial charge on any atom is 0.229 e. The molecule has 4 aromatic rings. The van der Waals surface area contributed by atoms with E-state index in [4.69, 9.17) is 0 Å². The number of nitrogens with one attached hydrogen (secondary N) is 1. The highest BCUT2D eigenvalue weighted by Crippen LogP contribution is 2.42. The molecule has 0 bridgehead atoms. The highest BCUT2D eigenvalue weighted by atomic mass is 19.1. The van der Waals surface area contributed by atoms with Crippen LogP contribution in [-0.2, 0) is 0 Å². The predicted octanol–water partition coefficient (Wildman–Crippen LogP) is 5.46. The molecule has 11 heteroatoms. The Labute approximate surface area is 231 Å². The number of hydrogen-bond donors (Lipinski definition) is 2. The number of nitrogens with zero attached hydrogens (tertiary/aromatic N) is 7. The van der Waals surface area contributed by atoms with Crippen LogP contribution >= 0.6 is 0 Å². The molecule has 0 radical (unpaired) electrons. The van der Waals surface area contributed by atoms with Gasteiger partial charge in [-0.2, -0.15) is 5.26 Å². The van der Waals surface area contributed by atoms with E-state index in [9.17, 15) is 19.1 Å². The van der Waals surface area contributed by atoms with Crippen molar-refractivity contribution in [3.63, 3.8) is 0 Å². The Hall–Kier alpha value is -4.01. The zero-order chi connectivity index (χ0) is 28.6. The maximum atomic E-state index is 15.0. The second kappa shape index (κ2) is 10.9. The van der Waals surface area contributed by atoms with Crippen LogP contribution in [0.4, 0.5) is 20.5 Å². The first-order valence-corrected chi connectivity index (χ1v) is 13.4. The van der Waals surface area contributed by atoms with Gasteiger partial charge in [-0.05, 0) is 71.4 Å². The molecule has 208 valence electrons. The van der Waals surface area contributed by atoms with Gasteiger partial charge in [-0.1, -0.05) is 13.0 Å². The summed E-state index contributed by atoms with van der Waals surface area (Å²) in [5, 5.41) is 23.9. The molecule has 1 fully saturated rings. The molecule has 1 aliphatic heterocycles. The molecule has 9 nitrogen and oxygen atoms in total. The lowest BCUT2D eigenvalue weighted by Gasteiger charge is -2.39. The average molecular weight is 547 g/mol. The molecule has 1 aromatic carbocycles. The third-order valence-corrected chi connectivity index (χ3v) is 7.74. The van der Waals surface area contributed by atoms with Crippen LogP contribution in [0.1, 0.15) is 57.1 Å². The van der Waals surface area contributed by atoms with Crippen LogP contribution in [0.5, 0.6) is 0 Å². The normalized spacial score (nSPS) is 16.3. The van der Waals surface area contributed by atoms with Gasteiger partial charge in [-0.25, -0.2) is 28.7 Å². The number of likely N-dealkylation sites (tertiary alicyclic amines) is 1. The Kier molecular flexibility index (Phi) is 7.49. The quantitative estimate of drug-likeness (QED) is 0.314. The highest BCUT2D eigenvalue weighted by Gasteiger charge is 2.42. The van der Waals surface area contributed by atoms with Crippen molar-refractivity contribution in [3.05, 3.63) is 59.7 Å². The third-order valence-electron chi connectivity index (χ3n) is 7.74. The first-order valence-electron chi connectivity index (χ1n) is 13.4. The SMILES string of the molecule is CCN1CCC(C#N)(C(O)c2ccc(Nc3ncc(F)c(-c4cc(F)c5nc(C)n(C(C)C)c5c4)n3)nc2)CC1. The number of aliphatic hydroxyl groups excluding tert-OH is 1. The number of nitriles is 1. The van der Waals surface area contributed by atoms with E-state index in [2.05, 4.69) is 43.1 Å². The number of aliphatic hydroxyl groups is 1. The van der Waals surface area contributed by atoms with E-state index in [1.165, 1.54) is 12.3 Å². The van der Waals surface area contributed by atoms with Gasteiger partial charge in [-0.15, -0.1) is 0 Å². The van der Waals surface area contributed by atoms with Gasteiger partial charge in [0.2, 0.25) is 5.95 Å². The molecule has 1 unspecified atom stereocenters. The maximum absolute atomic E-state index is 15.0. The fraction of sp³-hybridized carbons (Fsp3) is 0.414. The lowest BCUT2D eigenvalue weighted by Crippen LogP contribution is -2.42. The number of imidazole rings is 1. The summed E-state index contributed by atoms with van der Waals surface area (Å²) in [6.07, 6.45) is 2.72. The second-order valence-corrected chi connectivity index (χ2v) is 10.5. The van der Waals surface area contributed by atoms with Gasteiger partial charge in [-0.3, -0.25) is 0 Å². The fourth-order valence-electron chi connectivity index (χ4n) is 5.48. The molecule has 0 saturated carbocycles. The van der Waals surface area contributed by atoms with Crippen molar-refractivity contribution in [3.8, 4) is 17.3 Å². The molecular weight excluding hydrogens is 514 g/mol. The minimum Gasteiger partial charge on any atom is -0.387 e. The number of fused-ring (bicyclic) bond motifs is 1. The van der Waals surface area contributed by atoms with Crippen molar-refractivity contribution < 1.29 is 13.9 Å². The number of hydrogen-bond acceptors (Lipinski definition) is 8. The summed E-state index contributed by atoms with van der Waals surface area (Å²) in [6, 6.07) is 8.64. The Morgan fingerprint density at radius 3 is 2.48 bits per heavy atom. The van der Waals surface area contributed by atoms with Gasteiger partial charge in [0.15, 0.2) is 11.6 Å². The molecule has 2 N–H and O–H groups in total. The smallest absolute Gasteiger partial charge is 0.229 e. The highest BCUT2D eigenvalue weighted by molar-refractivity contribution is 5.83. The summed E-state index contributed by atoms with van der Waals surface area (Å²) in [5.41, 5.74) is 0.659. The second-order valence-electron chi connectivity index (χ2n) is 10.5. The molecule has 5 rings (SSSR count). The van der Waals surface area contributed by atoms with Crippen LogP contribution in [0.2, 0.25) is 0 Å². The molecule has 40 heavy (non-hydrogen) atoms. The molecule has 0 amide bonds. The average Bonchev–Trinajstić information content (AvgIpc) is 3.30. The van der Waals surface area contributed by atoms with Crippen molar-refractivity contribution >= 4 is 22.8 Å². The van der Waals surface area contributed by atoms with E-state index in [1.54, 1.807) is 25.1 Å². The number of halogens is 2. The van der Waals surface area contributed by atoms with Crippen LogP contribution in [0, 0.1) is 35.3 Å². The van der Waals surface area contributed by atoms with Crippen LogP contribution in [0.15, 0.2) is 36.7 Å². The largest absolute Gasteiger partial charge is 0.387 e. The van der Waals surface area contributed by atoms with Crippen molar-refractivity contribution in [2.45, 2.75) is 52.7 Å². The first kappa shape index (κ1) is 27.6. The van der Waals surface area contributed by atoms with Gasteiger partial charge in [0.05, 0.1) is 29.3 Å². The number of aromatic nitrogens is 5. The molecule has 0 spiro atoms. The Balaban J connectivity index is 1.39. The number of rotatable bonds is 7. The lowest BCUT2D eigenvalue weighted by molar-refractivity contribution is 0.0138. The molecule has 1 atom stereocenters. The number of pyridine rings is 1. The van der Waals surface area contributed by atoms with Crippen LogP contribution in [0.3, 0.4) is 0 Å². The molecule has 4 heterocycles. The van der Waals surface area contributed by atoms with Crippen LogP contribution < -0.4 is 5.32 Å². The lowest BCUT2D eigenvalue weighted by atomic mass is 9.73. The Morgan fingerprint density at radius 1 is 1.10 bits per heavy atom. The van der Waals surface area contributed by atoms with Crippen molar-refractivity contribution in [1.29, 1.82) is 5.26 Å². The molecule has 1 aliphatic rings.